The maximum absolute atomic E-state index is 7.83. The Balaban J connectivity index is 0.000000441. The van der Waals surface area contributed by atoms with E-state index in [1.54, 1.807) is 0 Å². The van der Waals surface area contributed by atoms with E-state index in [0.29, 0.717) is 5.92 Å². The van der Waals surface area contributed by atoms with E-state index >= 15 is 0 Å². The van der Waals surface area contributed by atoms with Crippen LogP contribution in [0.1, 0.15) is 39.4 Å². The predicted molar refractivity (Wildman–Crippen MR) is 76.0 cm³/mol. The van der Waals surface area contributed by atoms with E-state index in [9.17, 15) is 0 Å². The van der Waals surface area contributed by atoms with Gasteiger partial charge in [0, 0.05) is 25.4 Å². The molecule has 0 aliphatic rings. The smallest absolute Gasteiger partial charge is 0.218 e. The van der Waals surface area contributed by atoms with E-state index in [4.69, 9.17) is 15.8 Å². The van der Waals surface area contributed by atoms with Gasteiger partial charge in [-0.3, -0.25) is 0 Å². The van der Waals surface area contributed by atoms with Crippen LogP contribution in [0.15, 0.2) is 12.4 Å². The lowest BCUT2D eigenvalue weighted by Gasteiger charge is -2.08. The molecule has 0 aromatic carbocycles. The average Bonchev–Trinajstić information content (AvgIpc) is 2.85. The Morgan fingerprint density at radius 1 is 1.20 bits per heavy atom. The van der Waals surface area contributed by atoms with Gasteiger partial charge in [-0.1, -0.05) is 27.2 Å². The Morgan fingerprint density at radius 2 is 1.80 bits per heavy atom. The number of hydrogen-bond acceptors (Lipinski definition) is 4. The zero-order chi connectivity index (χ0) is 15.4. The van der Waals surface area contributed by atoms with Crippen molar-refractivity contribution in [2.24, 2.45) is 11.8 Å². The lowest BCUT2D eigenvalue weighted by molar-refractivity contribution is 0.553. The molecule has 1 aromatic rings. The van der Waals surface area contributed by atoms with Crippen LogP contribution in [0.3, 0.4) is 0 Å². The number of hydrogen-bond donors (Lipinski definition) is 0. The van der Waals surface area contributed by atoms with Crippen molar-refractivity contribution in [1.29, 1.82) is 15.8 Å². The number of aromatic nitrogens is 2. The zero-order valence-electron chi connectivity index (χ0n) is 12.4. The van der Waals surface area contributed by atoms with Gasteiger partial charge in [-0.05, 0) is 12.3 Å². The van der Waals surface area contributed by atoms with Crippen molar-refractivity contribution in [3.05, 3.63) is 18.2 Å². The fraction of sp³-hybridized carbons (Fsp3) is 0.600. The highest BCUT2D eigenvalue weighted by molar-refractivity contribution is 5.11. The summed E-state index contributed by atoms with van der Waals surface area (Å²) in [6, 6.07) is 4.44. The molecule has 0 spiro atoms. The number of nitriles is 3. The third-order valence-electron chi connectivity index (χ3n) is 2.53. The van der Waals surface area contributed by atoms with E-state index in [1.165, 1.54) is 36.9 Å². The first-order valence-corrected chi connectivity index (χ1v) is 6.77. The van der Waals surface area contributed by atoms with Gasteiger partial charge in [0.2, 0.25) is 5.92 Å². The summed E-state index contributed by atoms with van der Waals surface area (Å²) in [6.07, 6.45) is 7.60. The van der Waals surface area contributed by atoms with Gasteiger partial charge in [-0.2, -0.15) is 15.8 Å². The van der Waals surface area contributed by atoms with Gasteiger partial charge in [0.25, 0.3) is 0 Å². The molecule has 106 valence electrons. The SMILES string of the molecule is CCCCn1ccnc1CC(C)C.N#CC(C#N)C#N. The standard InChI is InChI=1S/C11H20N2.C4HN3/c1-4-5-7-13-8-6-12-11(13)9-10(2)3;5-1-4(2-6)3-7/h6,8,10H,4-5,7,9H2,1-3H3;4H. The molecule has 0 unspecified atom stereocenters. The highest BCUT2D eigenvalue weighted by Gasteiger charge is 2.04. The molecule has 1 heterocycles. The normalized spacial score (nSPS) is 9.30. The van der Waals surface area contributed by atoms with Gasteiger partial charge in [-0.25, -0.2) is 4.98 Å². The second-order valence-corrected chi connectivity index (χ2v) is 4.81. The topological polar surface area (TPSA) is 89.2 Å². The van der Waals surface area contributed by atoms with E-state index in [-0.39, 0.29) is 0 Å². The molecule has 0 saturated carbocycles. The minimum atomic E-state index is -1.10. The summed E-state index contributed by atoms with van der Waals surface area (Å²) in [4.78, 5) is 4.37. The first-order valence-electron chi connectivity index (χ1n) is 6.77. The largest absolute Gasteiger partial charge is 0.335 e. The van der Waals surface area contributed by atoms with Crippen LogP contribution in [-0.2, 0) is 13.0 Å². The lowest BCUT2D eigenvalue weighted by Crippen LogP contribution is -2.06. The van der Waals surface area contributed by atoms with E-state index in [0.717, 1.165) is 13.0 Å². The molecule has 1 rings (SSSR count). The molecule has 0 N–H and O–H groups in total. The second-order valence-electron chi connectivity index (χ2n) is 4.81. The summed E-state index contributed by atoms with van der Waals surface area (Å²) in [5, 5.41) is 23.5. The fourth-order valence-corrected chi connectivity index (χ4v) is 1.51. The number of imidazole rings is 1. The molecular formula is C15H21N5. The lowest BCUT2D eigenvalue weighted by atomic mass is 10.1. The Labute approximate surface area is 121 Å². The van der Waals surface area contributed by atoms with Crippen LogP contribution in [-0.4, -0.2) is 9.55 Å². The first kappa shape index (κ1) is 17.7. The van der Waals surface area contributed by atoms with Crippen LogP contribution < -0.4 is 0 Å². The van der Waals surface area contributed by atoms with Gasteiger partial charge in [0.15, 0.2) is 0 Å². The van der Waals surface area contributed by atoms with Crippen molar-refractivity contribution in [3.63, 3.8) is 0 Å². The van der Waals surface area contributed by atoms with E-state index in [2.05, 4.69) is 36.5 Å². The van der Waals surface area contributed by atoms with Crippen LogP contribution in [0, 0.1) is 45.8 Å². The summed E-state index contributed by atoms with van der Waals surface area (Å²) in [6.45, 7) is 7.81. The van der Waals surface area contributed by atoms with Crippen molar-refractivity contribution in [3.8, 4) is 18.2 Å². The van der Waals surface area contributed by atoms with Crippen LogP contribution in [0.5, 0.6) is 0 Å². The van der Waals surface area contributed by atoms with Gasteiger partial charge >= 0.3 is 0 Å². The van der Waals surface area contributed by atoms with Gasteiger partial charge < -0.3 is 4.57 Å². The van der Waals surface area contributed by atoms with Crippen molar-refractivity contribution in [2.45, 2.75) is 46.6 Å². The summed E-state index contributed by atoms with van der Waals surface area (Å²) in [5.74, 6) is 0.839. The summed E-state index contributed by atoms with van der Waals surface area (Å²) < 4.78 is 2.28. The van der Waals surface area contributed by atoms with Crippen LogP contribution in [0.4, 0.5) is 0 Å². The van der Waals surface area contributed by atoms with Crippen molar-refractivity contribution in [2.75, 3.05) is 0 Å². The first-order chi connectivity index (χ1) is 9.58. The van der Waals surface area contributed by atoms with Crippen LogP contribution in [0.2, 0.25) is 0 Å². The molecule has 0 radical (unpaired) electrons. The molecule has 0 amide bonds. The summed E-state index contributed by atoms with van der Waals surface area (Å²) in [7, 11) is 0. The quantitative estimate of drug-likeness (QED) is 0.823. The van der Waals surface area contributed by atoms with Crippen LogP contribution >= 0.6 is 0 Å². The molecule has 5 heteroatoms. The molecule has 0 atom stereocenters. The van der Waals surface area contributed by atoms with E-state index in [1.807, 2.05) is 6.20 Å². The average molecular weight is 271 g/mol. The third kappa shape index (κ3) is 7.19. The molecular weight excluding hydrogens is 250 g/mol. The van der Waals surface area contributed by atoms with Crippen LogP contribution in [0.25, 0.3) is 0 Å². The Kier molecular flexibility index (Phi) is 9.36. The fourth-order valence-electron chi connectivity index (χ4n) is 1.51. The van der Waals surface area contributed by atoms with E-state index < -0.39 is 5.92 Å². The summed E-state index contributed by atoms with van der Waals surface area (Å²) >= 11 is 0. The van der Waals surface area contributed by atoms with Crippen molar-refractivity contribution >= 4 is 0 Å². The van der Waals surface area contributed by atoms with Gasteiger partial charge in [0.1, 0.15) is 5.82 Å². The molecule has 0 saturated heterocycles. The Bertz CT molecular complexity index is 462. The molecule has 0 aliphatic carbocycles. The minimum Gasteiger partial charge on any atom is -0.335 e. The van der Waals surface area contributed by atoms with Gasteiger partial charge in [-0.15, -0.1) is 0 Å². The highest BCUT2D eigenvalue weighted by atomic mass is 15.1. The minimum absolute atomic E-state index is 0.697. The number of unbranched alkanes of at least 4 members (excludes halogenated alkanes) is 1. The monoisotopic (exact) mass is 271 g/mol. The van der Waals surface area contributed by atoms with Crippen molar-refractivity contribution < 1.29 is 0 Å². The zero-order valence-corrected chi connectivity index (χ0v) is 12.4. The summed E-state index contributed by atoms with van der Waals surface area (Å²) in [5.41, 5.74) is 0. The predicted octanol–water partition coefficient (Wildman–Crippen LogP) is 3.06. The van der Waals surface area contributed by atoms with Crippen molar-refractivity contribution in [1.82, 2.24) is 9.55 Å². The third-order valence-corrected chi connectivity index (χ3v) is 2.53. The number of nitrogens with zero attached hydrogens (tertiary/aromatic N) is 5. The molecule has 20 heavy (non-hydrogen) atoms. The second kappa shape index (κ2) is 10.6. The Morgan fingerprint density at radius 3 is 2.20 bits per heavy atom. The molecule has 0 bridgehead atoms. The Hall–Kier alpha value is -2.32. The van der Waals surface area contributed by atoms with Gasteiger partial charge in [0.05, 0.1) is 18.2 Å². The molecule has 1 aromatic heterocycles. The highest BCUT2D eigenvalue weighted by Crippen LogP contribution is 2.07. The maximum atomic E-state index is 7.83. The molecule has 0 fully saturated rings. The number of aryl methyl sites for hydroxylation is 1. The maximum Gasteiger partial charge on any atom is 0.218 e. The number of rotatable bonds is 5. The molecule has 0 aliphatic heterocycles. The molecule has 5 nitrogen and oxygen atoms in total.